The lowest BCUT2D eigenvalue weighted by molar-refractivity contribution is -0.137. The highest BCUT2D eigenvalue weighted by Gasteiger charge is 2.54. The first-order valence-electron chi connectivity index (χ1n) is 7.80. The Bertz CT molecular complexity index is 438. The zero-order chi connectivity index (χ0) is 17.3. The maximum atomic E-state index is 12.2. The Morgan fingerprint density at radius 3 is 2.00 bits per heavy atom. The average molecular weight is 314 g/mol. The third-order valence-corrected chi connectivity index (χ3v) is 5.04. The summed E-state index contributed by atoms with van der Waals surface area (Å²) in [5, 5.41) is 13.1. The highest BCUT2D eigenvalue weighted by atomic mass is 16.6. The minimum Gasteiger partial charge on any atom is -0.444 e. The summed E-state index contributed by atoms with van der Waals surface area (Å²) in [4.78, 5) is 23.7. The van der Waals surface area contributed by atoms with E-state index in [1.807, 2.05) is 13.8 Å². The summed E-state index contributed by atoms with van der Waals surface area (Å²) in [6, 6.07) is 0. The molecule has 22 heavy (non-hydrogen) atoms. The fourth-order valence-electron chi connectivity index (χ4n) is 2.94. The van der Waals surface area contributed by atoms with E-state index in [1.165, 1.54) is 0 Å². The molecule has 1 rings (SSSR count). The molecule has 6 nitrogen and oxygen atoms in total. The number of aliphatic hydroxyl groups excluding tert-OH is 1. The molecule has 0 aromatic heterocycles. The number of hydrogen-bond acceptors (Lipinski definition) is 4. The first-order chi connectivity index (χ1) is 9.81. The Labute approximate surface area is 132 Å². The lowest BCUT2D eigenvalue weighted by Gasteiger charge is -2.53. The predicted octanol–water partition coefficient (Wildman–Crippen LogP) is 1.94. The van der Waals surface area contributed by atoms with Gasteiger partial charge in [-0.05, 0) is 51.9 Å². The second kappa shape index (κ2) is 6.07. The normalized spacial score (nSPS) is 20.5. The zero-order valence-corrected chi connectivity index (χ0v) is 14.5. The van der Waals surface area contributed by atoms with Gasteiger partial charge in [0, 0.05) is 0 Å². The standard InChI is InChI=1S/C16H30N2O4/c1-14(2,3)22-13(21)18-16(6,11(19)12(17)20)15(4,5)10-8-7-9-10/h10-11,19H,7-9H2,1-6H3,(H2,17,20)(H,18,21). The van der Waals surface area contributed by atoms with Gasteiger partial charge in [0.25, 0.3) is 0 Å². The van der Waals surface area contributed by atoms with Gasteiger partial charge in [0.2, 0.25) is 5.91 Å². The summed E-state index contributed by atoms with van der Waals surface area (Å²) in [5.74, 6) is -0.549. The monoisotopic (exact) mass is 314 g/mol. The van der Waals surface area contributed by atoms with E-state index in [0.717, 1.165) is 19.3 Å². The number of nitrogens with two attached hydrogens (primary N) is 1. The van der Waals surface area contributed by atoms with E-state index in [4.69, 9.17) is 10.5 Å². The number of hydrogen-bond donors (Lipinski definition) is 3. The molecular weight excluding hydrogens is 284 g/mol. The minimum absolute atomic E-state index is 0.307. The molecule has 0 aliphatic heterocycles. The van der Waals surface area contributed by atoms with Crippen LogP contribution in [0.5, 0.6) is 0 Å². The number of amides is 2. The highest BCUT2D eigenvalue weighted by Crippen LogP contribution is 2.49. The third-order valence-electron chi connectivity index (χ3n) is 5.04. The van der Waals surface area contributed by atoms with Crippen molar-refractivity contribution in [2.75, 3.05) is 0 Å². The number of ether oxygens (including phenoxy) is 1. The minimum atomic E-state index is -1.49. The van der Waals surface area contributed by atoms with E-state index < -0.39 is 34.7 Å². The van der Waals surface area contributed by atoms with E-state index >= 15 is 0 Å². The molecule has 1 aliphatic carbocycles. The largest absolute Gasteiger partial charge is 0.444 e. The van der Waals surface area contributed by atoms with Crippen LogP contribution >= 0.6 is 0 Å². The Morgan fingerprint density at radius 1 is 1.18 bits per heavy atom. The summed E-state index contributed by atoms with van der Waals surface area (Å²) >= 11 is 0. The summed E-state index contributed by atoms with van der Waals surface area (Å²) in [6.45, 7) is 10.8. The van der Waals surface area contributed by atoms with Gasteiger partial charge in [0.05, 0.1) is 5.54 Å². The number of carbonyl (C=O) groups is 2. The quantitative estimate of drug-likeness (QED) is 0.721. The van der Waals surface area contributed by atoms with Crippen molar-refractivity contribution in [1.82, 2.24) is 5.32 Å². The van der Waals surface area contributed by atoms with E-state index in [2.05, 4.69) is 5.32 Å². The molecule has 4 N–H and O–H groups in total. The first-order valence-corrected chi connectivity index (χ1v) is 7.80. The Morgan fingerprint density at radius 2 is 1.68 bits per heavy atom. The van der Waals surface area contributed by atoms with Gasteiger partial charge in [-0.3, -0.25) is 4.79 Å². The van der Waals surface area contributed by atoms with Crippen LogP contribution in [-0.4, -0.2) is 34.4 Å². The zero-order valence-electron chi connectivity index (χ0n) is 14.5. The third kappa shape index (κ3) is 3.72. The number of primary amides is 1. The van der Waals surface area contributed by atoms with Crippen molar-refractivity contribution < 1.29 is 19.4 Å². The SMILES string of the molecule is CC(C)(C)OC(=O)NC(C)(C(O)C(N)=O)C(C)(C)C1CCC1. The van der Waals surface area contributed by atoms with E-state index in [-0.39, 0.29) is 0 Å². The molecule has 1 saturated carbocycles. The van der Waals surface area contributed by atoms with Crippen molar-refractivity contribution >= 4 is 12.0 Å². The maximum absolute atomic E-state index is 12.2. The second-order valence-corrected chi connectivity index (χ2v) is 7.98. The van der Waals surface area contributed by atoms with Gasteiger partial charge in [-0.15, -0.1) is 0 Å². The number of carbonyl (C=O) groups excluding carboxylic acids is 2. The van der Waals surface area contributed by atoms with E-state index in [9.17, 15) is 14.7 Å². The molecule has 0 radical (unpaired) electrons. The molecule has 0 aromatic carbocycles. The molecule has 0 aromatic rings. The molecule has 6 heteroatoms. The van der Waals surface area contributed by atoms with E-state index in [1.54, 1.807) is 27.7 Å². The molecule has 2 unspecified atom stereocenters. The molecule has 128 valence electrons. The fraction of sp³-hybridized carbons (Fsp3) is 0.875. The summed E-state index contributed by atoms with van der Waals surface area (Å²) in [6.07, 6.45) is 0.968. The number of nitrogens with one attached hydrogen (secondary N) is 1. The van der Waals surface area contributed by atoms with Crippen LogP contribution in [0, 0.1) is 11.3 Å². The molecule has 1 aliphatic rings. The fourth-order valence-corrected chi connectivity index (χ4v) is 2.94. The van der Waals surface area contributed by atoms with Gasteiger partial charge in [-0.25, -0.2) is 4.79 Å². The Kier molecular flexibility index (Phi) is 5.17. The Hall–Kier alpha value is -1.30. The first kappa shape index (κ1) is 18.7. The predicted molar refractivity (Wildman–Crippen MR) is 84.1 cm³/mol. The van der Waals surface area contributed by atoms with Gasteiger partial charge in [0.1, 0.15) is 5.60 Å². The van der Waals surface area contributed by atoms with Crippen molar-refractivity contribution in [2.45, 2.75) is 78.0 Å². The lowest BCUT2D eigenvalue weighted by atomic mass is 9.57. The Balaban J connectivity index is 3.06. The van der Waals surface area contributed by atoms with Crippen LogP contribution in [0.25, 0.3) is 0 Å². The number of rotatable bonds is 5. The smallest absolute Gasteiger partial charge is 0.408 e. The van der Waals surface area contributed by atoms with Gasteiger partial charge >= 0.3 is 6.09 Å². The van der Waals surface area contributed by atoms with Gasteiger partial charge < -0.3 is 20.9 Å². The number of alkyl carbamates (subject to hydrolysis) is 1. The van der Waals surface area contributed by atoms with Crippen LogP contribution in [0.1, 0.15) is 60.8 Å². The molecule has 2 atom stereocenters. The van der Waals surface area contributed by atoms with Crippen LogP contribution in [0.4, 0.5) is 4.79 Å². The van der Waals surface area contributed by atoms with Crippen LogP contribution < -0.4 is 11.1 Å². The highest BCUT2D eigenvalue weighted by molar-refractivity contribution is 5.81. The van der Waals surface area contributed by atoms with E-state index in [0.29, 0.717) is 5.92 Å². The summed E-state index contributed by atoms with van der Waals surface area (Å²) in [7, 11) is 0. The van der Waals surface area contributed by atoms with Gasteiger partial charge in [0.15, 0.2) is 6.10 Å². The topological polar surface area (TPSA) is 102 Å². The molecule has 0 spiro atoms. The van der Waals surface area contributed by atoms with Gasteiger partial charge in [-0.2, -0.15) is 0 Å². The maximum Gasteiger partial charge on any atom is 0.408 e. The van der Waals surface area contributed by atoms with Gasteiger partial charge in [-0.1, -0.05) is 20.3 Å². The van der Waals surface area contributed by atoms with Crippen molar-refractivity contribution in [2.24, 2.45) is 17.1 Å². The second-order valence-electron chi connectivity index (χ2n) is 7.98. The van der Waals surface area contributed by atoms with Crippen molar-refractivity contribution in [1.29, 1.82) is 0 Å². The molecule has 1 fully saturated rings. The summed E-state index contributed by atoms with van der Waals surface area (Å²) < 4.78 is 5.28. The van der Waals surface area contributed by atoms with Crippen LogP contribution in [0.15, 0.2) is 0 Å². The number of aliphatic hydroxyl groups is 1. The molecular formula is C16H30N2O4. The molecule has 0 heterocycles. The van der Waals surface area contributed by atoms with Crippen molar-refractivity contribution in [3.63, 3.8) is 0 Å². The summed E-state index contributed by atoms with van der Waals surface area (Å²) in [5.41, 5.74) is 2.93. The lowest BCUT2D eigenvalue weighted by Crippen LogP contribution is -2.68. The van der Waals surface area contributed by atoms with Crippen molar-refractivity contribution in [3.05, 3.63) is 0 Å². The van der Waals surface area contributed by atoms with Crippen LogP contribution in [0.2, 0.25) is 0 Å². The molecule has 0 saturated heterocycles. The average Bonchev–Trinajstić information content (AvgIpc) is 2.21. The van der Waals surface area contributed by atoms with Crippen LogP contribution in [0.3, 0.4) is 0 Å². The van der Waals surface area contributed by atoms with Crippen molar-refractivity contribution in [3.8, 4) is 0 Å². The molecule has 0 bridgehead atoms. The van der Waals surface area contributed by atoms with Crippen LogP contribution in [-0.2, 0) is 9.53 Å². The molecule has 2 amide bonds.